The van der Waals surface area contributed by atoms with Crippen LogP contribution in [0.4, 0.5) is 0 Å². The van der Waals surface area contributed by atoms with Crippen molar-refractivity contribution in [1.82, 2.24) is 4.90 Å². The van der Waals surface area contributed by atoms with Crippen molar-refractivity contribution >= 4 is 31.9 Å². The van der Waals surface area contributed by atoms with Crippen LogP contribution in [0, 0.1) is 11.8 Å². The van der Waals surface area contributed by atoms with Gasteiger partial charge in [-0.1, -0.05) is 27.7 Å². The van der Waals surface area contributed by atoms with Gasteiger partial charge >= 0.3 is 11.9 Å². The molecule has 0 aromatic heterocycles. The van der Waals surface area contributed by atoms with Gasteiger partial charge < -0.3 is 14.3 Å². The molecular weight excluding hydrogens is 406 g/mol. The molecule has 0 radical (unpaired) electrons. The Morgan fingerprint density at radius 1 is 1.13 bits per heavy atom. The molecule has 1 aliphatic heterocycles. The number of esters is 1. The number of rotatable bonds is 7. The van der Waals surface area contributed by atoms with Crippen molar-refractivity contribution in [2.75, 3.05) is 6.61 Å². The molecule has 0 saturated carbocycles. The molecule has 1 aliphatic rings. The Morgan fingerprint density at radius 3 is 2.03 bits per heavy atom. The van der Waals surface area contributed by atoms with E-state index >= 15 is 0 Å². The summed E-state index contributed by atoms with van der Waals surface area (Å²) >= 11 is 0. The first-order valence-electron chi connectivity index (χ1n) is 10.4. The third-order valence-corrected chi connectivity index (χ3v) is 10.8. The van der Waals surface area contributed by atoms with Crippen molar-refractivity contribution in [3.8, 4) is 0 Å². The van der Waals surface area contributed by atoms with Gasteiger partial charge in [0.2, 0.25) is 5.91 Å². The van der Waals surface area contributed by atoms with E-state index in [1.54, 1.807) is 20.8 Å². The lowest BCUT2D eigenvalue weighted by molar-refractivity contribution is -0.184. The smallest absolute Gasteiger partial charge is 0.397 e. The number of hydrogen-bond donors (Lipinski definition) is 1. The molecule has 0 unspecified atom stereocenters. The van der Waals surface area contributed by atoms with Gasteiger partial charge in [0.05, 0.1) is 24.7 Å². The number of Topliss-reactive ketones (excluding diaryl/α,β-unsaturated/α-hetero) is 1. The fraction of sp³-hybridized carbons (Fsp3) is 0.810. The third-order valence-electron chi connectivity index (χ3n) is 6.18. The van der Waals surface area contributed by atoms with Gasteiger partial charge in [-0.3, -0.25) is 19.3 Å². The summed E-state index contributed by atoms with van der Waals surface area (Å²) in [5.41, 5.74) is -1.65. The summed E-state index contributed by atoms with van der Waals surface area (Å²) < 4.78 is 11.1. The lowest BCUT2D eigenvalue weighted by Gasteiger charge is -2.52. The predicted molar refractivity (Wildman–Crippen MR) is 114 cm³/mol. The number of nitrogens with zero attached hydrogens (tertiary/aromatic N) is 1. The highest BCUT2D eigenvalue weighted by molar-refractivity contribution is 6.74. The van der Waals surface area contributed by atoms with Gasteiger partial charge in [0.1, 0.15) is 5.60 Å². The molecule has 1 N–H and O–H groups in total. The number of amides is 2. The van der Waals surface area contributed by atoms with Crippen LogP contribution in [-0.2, 0) is 28.3 Å². The molecule has 8 nitrogen and oxygen atoms in total. The number of ether oxygens (including phenoxy) is 1. The molecule has 4 atom stereocenters. The zero-order chi connectivity index (χ0) is 23.8. The van der Waals surface area contributed by atoms with Crippen LogP contribution in [-0.4, -0.2) is 66.2 Å². The van der Waals surface area contributed by atoms with E-state index in [1.807, 2.05) is 0 Å². The molecule has 9 heteroatoms. The van der Waals surface area contributed by atoms with Crippen molar-refractivity contribution in [2.45, 2.75) is 91.3 Å². The fourth-order valence-corrected chi connectivity index (χ4v) is 4.93. The summed E-state index contributed by atoms with van der Waals surface area (Å²) in [5, 5.41) is 10.1. The van der Waals surface area contributed by atoms with E-state index in [1.165, 1.54) is 13.8 Å². The Bertz CT molecular complexity index is 705. The highest BCUT2D eigenvalue weighted by Crippen LogP contribution is 2.42. The normalized spacial score (nSPS) is 22.2. The van der Waals surface area contributed by atoms with Crippen molar-refractivity contribution in [2.24, 2.45) is 11.8 Å². The summed E-state index contributed by atoms with van der Waals surface area (Å²) in [7, 11) is -2.24. The Labute approximate surface area is 180 Å². The minimum Gasteiger partial charge on any atom is -0.459 e. The van der Waals surface area contributed by atoms with E-state index in [0.717, 1.165) is 4.90 Å². The van der Waals surface area contributed by atoms with Crippen molar-refractivity contribution in [3.05, 3.63) is 0 Å². The molecule has 1 saturated heterocycles. The van der Waals surface area contributed by atoms with E-state index in [0.29, 0.717) is 0 Å². The molecular formula is C21H37NO7Si. The number of carbonyl (C=O) groups is 4. The number of aliphatic hydroxyl groups is 1. The van der Waals surface area contributed by atoms with Gasteiger partial charge in [-0.05, 0) is 45.8 Å². The second kappa shape index (κ2) is 8.88. The third kappa shape index (κ3) is 5.18. The van der Waals surface area contributed by atoms with Gasteiger partial charge in [-0.25, -0.2) is 4.79 Å². The SMILES string of the molecule is CCOC(=O)C(=O)N1C(=O)[C@H]([C@@H](C)O[Si](C)(C)C(C)(C)C)[C@H]1[C@@H](C)C(=O)C(C)(C)O. The maximum absolute atomic E-state index is 12.9. The fourth-order valence-electron chi connectivity index (χ4n) is 3.50. The molecule has 1 heterocycles. The highest BCUT2D eigenvalue weighted by atomic mass is 28.4. The Hall–Kier alpha value is -1.58. The number of ketones is 1. The average Bonchev–Trinajstić information content (AvgIpc) is 2.55. The molecule has 172 valence electrons. The predicted octanol–water partition coefficient (Wildman–Crippen LogP) is 2.29. The molecule has 0 spiro atoms. The van der Waals surface area contributed by atoms with Crippen LogP contribution in [0.2, 0.25) is 18.1 Å². The topological polar surface area (TPSA) is 110 Å². The maximum Gasteiger partial charge on any atom is 0.397 e. The molecule has 1 fully saturated rings. The lowest BCUT2D eigenvalue weighted by Crippen LogP contribution is -2.71. The molecule has 1 rings (SSSR count). The van der Waals surface area contributed by atoms with Crippen molar-refractivity contribution in [1.29, 1.82) is 0 Å². The number of carbonyl (C=O) groups excluding carboxylic acids is 4. The van der Waals surface area contributed by atoms with Crippen LogP contribution in [0.25, 0.3) is 0 Å². The second-order valence-corrected chi connectivity index (χ2v) is 14.8. The standard InChI is InChI=1S/C21H37NO7Si/c1-11-28-19(26)18(25)22-15(12(2)16(23)21(7,8)27)14(17(22)24)13(3)29-30(9,10)20(4,5)6/h12-15,27H,11H2,1-10H3/t12-,13-,14-,15-/m1/s1. The Morgan fingerprint density at radius 2 is 1.63 bits per heavy atom. The Kier molecular flexibility index (Phi) is 7.83. The van der Waals surface area contributed by atoms with Crippen molar-refractivity contribution < 1.29 is 33.4 Å². The monoisotopic (exact) mass is 443 g/mol. The van der Waals surface area contributed by atoms with E-state index < -0.39 is 61.5 Å². The highest BCUT2D eigenvalue weighted by Gasteiger charge is 2.59. The van der Waals surface area contributed by atoms with Crippen LogP contribution >= 0.6 is 0 Å². The quantitative estimate of drug-likeness (QED) is 0.278. The van der Waals surface area contributed by atoms with E-state index in [2.05, 4.69) is 33.9 Å². The largest absolute Gasteiger partial charge is 0.459 e. The minimum atomic E-state index is -2.24. The van der Waals surface area contributed by atoms with E-state index in [4.69, 9.17) is 9.16 Å². The number of β-lactam (4-membered cyclic amide) rings is 1. The zero-order valence-electron chi connectivity index (χ0n) is 19.9. The van der Waals surface area contributed by atoms with Gasteiger partial charge in [0.15, 0.2) is 14.1 Å². The number of hydrogen-bond acceptors (Lipinski definition) is 7. The van der Waals surface area contributed by atoms with Crippen LogP contribution in [0.15, 0.2) is 0 Å². The Balaban J connectivity index is 3.28. The second-order valence-electron chi connectivity index (χ2n) is 10.0. The van der Waals surface area contributed by atoms with E-state index in [-0.39, 0.29) is 11.6 Å². The summed E-state index contributed by atoms with van der Waals surface area (Å²) in [6.45, 7) is 17.9. The summed E-state index contributed by atoms with van der Waals surface area (Å²) in [5.74, 6) is -4.99. The van der Waals surface area contributed by atoms with Crippen LogP contribution in [0.5, 0.6) is 0 Å². The number of imide groups is 1. The van der Waals surface area contributed by atoms with Gasteiger partial charge in [-0.15, -0.1) is 0 Å². The van der Waals surface area contributed by atoms with Gasteiger partial charge in [-0.2, -0.15) is 0 Å². The summed E-state index contributed by atoms with van der Waals surface area (Å²) in [6.07, 6.45) is -0.563. The van der Waals surface area contributed by atoms with Gasteiger partial charge in [0, 0.05) is 5.92 Å². The first-order valence-corrected chi connectivity index (χ1v) is 13.3. The van der Waals surface area contributed by atoms with E-state index in [9.17, 15) is 24.3 Å². The summed E-state index contributed by atoms with van der Waals surface area (Å²) in [6, 6.07) is -0.895. The molecule has 0 aliphatic carbocycles. The van der Waals surface area contributed by atoms with Crippen LogP contribution in [0.1, 0.15) is 55.4 Å². The molecule has 2 amide bonds. The molecule has 0 aromatic rings. The molecule has 0 aromatic carbocycles. The van der Waals surface area contributed by atoms with Crippen LogP contribution in [0.3, 0.4) is 0 Å². The van der Waals surface area contributed by atoms with Gasteiger partial charge in [0.25, 0.3) is 0 Å². The minimum absolute atomic E-state index is 0.0102. The maximum atomic E-state index is 12.9. The zero-order valence-corrected chi connectivity index (χ0v) is 20.9. The molecule has 0 bridgehead atoms. The summed E-state index contributed by atoms with van der Waals surface area (Å²) in [4.78, 5) is 51.0. The molecule has 30 heavy (non-hydrogen) atoms. The average molecular weight is 444 g/mol. The first kappa shape index (κ1) is 26.5. The van der Waals surface area contributed by atoms with Crippen LogP contribution < -0.4 is 0 Å². The first-order chi connectivity index (χ1) is 13.4. The number of likely N-dealkylation sites (tertiary alicyclic amines) is 1. The lowest BCUT2D eigenvalue weighted by atomic mass is 9.73. The van der Waals surface area contributed by atoms with Crippen molar-refractivity contribution in [3.63, 3.8) is 0 Å².